The summed E-state index contributed by atoms with van der Waals surface area (Å²) in [6.07, 6.45) is -0.388. The van der Waals surface area contributed by atoms with Crippen LogP contribution in [0.2, 0.25) is 0 Å². The Kier molecular flexibility index (Phi) is 8.66. The number of ether oxygens (including phenoxy) is 1. The van der Waals surface area contributed by atoms with Crippen molar-refractivity contribution in [3.8, 4) is 34.2 Å². The fourth-order valence-electron chi connectivity index (χ4n) is 4.41. The predicted molar refractivity (Wildman–Crippen MR) is 160 cm³/mol. The van der Waals surface area contributed by atoms with Crippen LogP contribution < -0.4 is 10.6 Å². The summed E-state index contributed by atoms with van der Waals surface area (Å²) in [6, 6.07) is 22.4. The molecule has 0 radical (unpaired) electrons. The molecular formula is C33H31FN4O5. The minimum absolute atomic E-state index is 0.102. The average Bonchev–Trinajstić information content (AvgIpc) is 3.64. The van der Waals surface area contributed by atoms with Gasteiger partial charge < -0.3 is 19.0 Å². The molecule has 0 aliphatic carbocycles. The number of rotatable bonds is 9. The van der Waals surface area contributed by atoms with Crippen LogP contribution >= 0.6 is 0 Å². The Morgan fingerprint density at radius 3 is 2.35 bits per heavy atom. The van der Waals surface area contributed by atoms with Crippen LogP contribution in [-0.2, 0) is 11.2 Å². The third kappa shape index (κ3) is 7.34. The van der Waals surface area contributed by atoms with Crippen LogP contribution in [0.1, 0.15) is 42.5 Å². The van der Waals surface area contributed by atoms with E-state index in [0.29, 0.717) is 29.0 Å². The molecule has 1 unspecified atom stereocenters. The summed E-state index contributed by atoms with van der Waals surface area (Å²) < 4.78 is 31.3. The third-order valence-corrected chi connectivity index (χ3v) is 6.51. The van der Waals surface area contributed by atoms with Crippen molar-refractivity contribution in [3.05, 3.63) is 102 Å². The Bertz CT molecular complexity index is 1730. The molecule has 1 atom stereocenters. The lowest BCUT2D eigenvalue weighted by Gasteiger charge is -2.13. The van der Waals surface area contributed by atoms with Gasteiger partial charge in [0, 0.05) is 22.9 Å². The van der Waals surface area contributed by atoms with Gasteiger partial charge in [-0.25, -0.2) is 9.18 Å². The number of aryl methyl sites for hydroxylation is 1. The van der Waals surface area contributed by atoms with Gasteiger partial charge in [-0.15, -0.1) is 0 Å². The second-order valence-corrected chi connectivity index (χ2v) is 10.5. The number of nitrogens with zero attached hydrogens (tertiary/aromatic N) is 2. The zero-order chi connectivity index (χ0) is 30.5. The van der Waals surface area contributed by atoms with E-state index in [2.05, 4.69) is 20.8 Å². The Morgan fingerprint density at radius 1 is 0.930 bits per heavy atom. The number of hydrogen-bond donors (Lipinski definition) is 2. The largest absolute Gasteiger partial charge is 0.451 e. The normalized spacial score (nSPS) is 11.8. The Morgan fingerprint density at radius 2 is 1.65 bits per heavy atom. The van der Waals surface area contributed by atoms with E-state index in [9.17, 15) is 9.59 Å². The van der Waals surface area contributed by atoms with Crippen LogP contribution in [-0.4, -0.2) is 34.3 Å². The topological polar surface area (TPSA) is 119 Å². The number of hydrogen-bond acceptors (Lipinski definition) is 7. The summed E-state index contributed by atoms with van der Waals surface area (Å²) >= 11 is 0. The number of aromatic nitrogens is 2. The molecule has 0 aliphatic rings. The average molecular weight is 583 g/mol. The molecule has 0 saturated carbocycles. The summed E-state index contributed by atoms with van der Waals surface area (Å²) in [6.45, 7) is 7.37. The molecule has 9 nitrogen and oxygen atoms in total. The first-order chi connectivity index (χ1) is 20.6. The van der Waals surface area contributed by atoms with Gasteiger partial charge in [0.2, 0.25) is 5.82 Å². The van der Waals surface area contributed by atoms with E-state index in [4.69, 9.17) is 13.7 Å². The summed E-state index contributed by atoms with van der Waals surface area (Å²) in [4.78, 5) is 28.9. The highest BCUT2D eigenvalue weighted by Gasteiger charge is 2.18. The molecule has 0 spiro atoms. The standard InChI is InChI=1S/C33H31FN4O5/c1-19(2)41-33(40)36-25-12-10-24(11-13-25)32-37-30(38-43-32)26-14-7-22(18-27(26)34)17-21(4)35-31(39)29-16-15-28(42-29)23-8-5-20(3)6-9-23/h5-16,18-19,21H,17H2,1-4H3,(H,35,39)(H,36,40). The number of nitrogens with one attached hydrogen (secondary N) is 2. The molecular weight excluding hydrogens is 551 g/mol. The highest BCUT2D eigenvalue weighted by atomic mass is 19.1. The van der Waals surface area contributed by atoms with E-state index >= 15 is 4.39 Å². The van der Waals surface area contributed by atoms with Crippen molar-refractivity contribution >= 4 is 17.7 Å². The van der Waals surface area contributed by atoms with Crippen LogP contribution in [0, 0.1) is 12.7 Å². The molecule has 2 aromatic heterocycles. The lowest BCUT2D eigenvalue weighted by atomic mass is 10.0. The lowest BCUT2D eigenvalue weighted by Crippen LogP contribution is -2.33. The highest BCUT2D eigenvalue weighted by Crippen LogP contribution is 2.27. The van der Waals surface area contributed by atoms with E-state index < -0.39 is 11.9 Å². The number of carbonyl (C=O) groups is 2. The number of amides is 2. The number of carbonyl (C=O) groups excluding carboxylic acids is 2. The molecule has 220 valence electrons. The van der Waals surface area contributed by atoms with Crippen molar-refractivity contribution in [1.29, 1.82) is 0 Å². The second-order valence-electron chi connectivity index (χ2n) is 10.5. The van der Waals surface area contributed by atoms with Crippen LogP contribution in [0.4, 0.5) is 14.9 Å². The van der Waals surface area contributed by atoms with Gasteiger partial charge in [-0.3, -0.25) is 10.1 Å². The molecule has 0 bridgehead atoms. The lowest BCUT2D eigenvalue weighted by molar-refractivity contribution is 0.0912. The van der Waals surface area contributed by atoms with E-state index in [1.54, 1.807) is 62.4 Å². The van der Waals surface area contributed by atoms with E-state index in [1.807, 2.05) is 38.1 Å². The molecule has 3 aromatic carbocycles. The van der Waals surface area contributed by atoms with Crippen molar-refractivity contribution in [1.82, 2.24) is 15.5 Å². The zero-order valence-electron chi connectivity index (χ0n) is 24.2. The number of furan rings is 1. The summed E-state index contributed by atoms with van der Waals surface area (Å²) in [7, 11) is 0. The molecule has 2 N–H and O–H groups in total. The van der Waals surface area contributed by atoms with E-state index in [0.717, 1.165) is 11.1 Å². The molecule has 0 saturated heterocycles. The SMILES string of the molecule is Cc1ccc(-c2ccc(C(=O)NC(C)Cc3ccc(-c4noc(-c5ccc(NC(=O)OC(C)C)cc5)n4)c(F)c3)o2)cc1. The van der Waals surface area contributed by atoms with Gasteiger partial charge in [0.25, 0.3) is 11.8 Å². The molecule has 2 heterocycles. The maximum Gasteiger partial charge on any atom is 0.411 e. The first kappa shape index (κ1) is 29.2. The quantitative estimate of drug-likeness (QED) is 0.185. The Labute approximate surface area is 248 Å². The summed E-state index contributed by atoms with van der Waals surface area (Å²) in [5, 5.41) is 9.47. The Balaban J connectivity index is 1.19. The number of halogens is 1. The molecule has 43 heavy (non-hydrogen) atoms. The van der Waals surface area contributed by atoms with Crippen molar-refractivity contribution < 1.29 is 27.7 Å². The van der Waals surface area contributed by atoms with Gasteiger partial charge in [0.15, 0.2) is 5.76 Å². The van der Waals surface area contributed by atoms with Crippen LogP contribution in [0.15, 0.2) is 87.8 Å². The van der Waals surface area contributed by atoms with Gasteiger partial charge in [0.1, 0.15) is 11.6 Å². The predicted octanol–water partition coefficient (Wildman–Crippen LogP) is 7.43. The number of anilines is 1. The molecule has 2 amide bonds. The number of benzene rings is 3. The molecule has 10 heteroatoms. The summed E-state index contributed by atoms with van der Waals surface area (Å²) in [5.74, 6) is 0.260. The van der Waals surface area contributed by atoms with E-state index in [-0.39, 0.29) is 41.1 Å². The van der Waals surface area contributed by atoms with Gasteiger partial charge >= 0.3 is 6.09 Å². The first-order valence-corrected chi connectivity index (χ1v) is 13.8. The van der Waals surface area contributed by atoms with Crippen molar-refractivity contribution in [2.45, 2.75) is 46.3 Å². The maximum absolute atomic E-state index is 15.1. The van der Waals surface area contributed by atoms with Gasteiger partial charge in [-0.1, -0.05) is 41.1 Å². The smallest absolute Gasteiger partial charge is 0.411 e. The first-order valence-electron chi connectivity index (χ1n) is 13.8. The summed E-state index contributed by atoms with van der Waals surface area (Å²) in [5.41, 5.74) is 4.04. The molecule has 0 aliphatic heterocycles. The fourth-order valence-corrected chi connectivity index (χ4v) is 4.41. The van der Waals surface area contributed by atoms with Crippen molar-refractivity contribution in [2.75, 3.05) is 5.32 Å². The van der Waals surface area contributed by atoms with Crippen molar-refractivity contribution in [3.63, 3.8) is 0 Å². The minimum atomic E-state index is -0.552. The molecule has 5 aromatic rings. The van der Waals surface area contributed by atoms with Crippen LogP contribution in [0.5, 0.6) is 0 Å². The highest BCUT2D eigenvalue weighted by molar-refractivity contribution is 5.92. The monoisotopic (exact) mass is 582 g/mol. The molecule has 5 rings (SSSR count). The zero-order valence-corrected chi connectivity index (χ0v) is 24.2. The van der Waals surface area contributed by atoms with Gasteiger partial charge in [0.05, 0.1) is 11.7 Å². The van der Waals surface area contributed by atoms with Gasteiger partial charge in [-0.05, 0) is 88.2 Å². The minimum Gasteiger partial charge on any atom is -0.451 e. The van der Waals surface area contributed by atoms with Crippen LogP contribution in [0.25, 0.3) is 34.2 Å². The van der Waals surface area contributed by atoms with Crippen LogP contribution in [0.3, 0.4) is 0 Å². The second kappa shape index (κ2) is 12.7. The van der Waals surface area contributed by atoms with E-state index in [1.165, 1.54) is 6.07 Å². The fraction of sp³-hybridized carbons (Fsp3) is 0.212. The maximum atomic E-state index is 15.1. The Hall–Kier alpha value is -5.25. The van der Waals surface area contributed by atoms with Gasteiger partial charge in [-0.2, -0.15) is 4.98 Å². The van der Waals surface area contributed by atoms with Crippen molar-refractivity contribution in [2.24, 2.45) is 0 Å². The third-order valence-electron chi connectivity index (χ3n) is 6.51. The molecule has 0 fully saturated rings.